The van der Waals surface area contributed by atoms with E-state index in [9.17, 15) is 14.7 Å². The Morgan fingerprint density at radius 3 is 2.29 bits per heavy atom. The van der Waals surface area contributed by atoms with Crippen LogP contribution >= 0.6 is 0 Å². The zero-order valence-electron chi connectivity index (χ0n) is 26.5. The molecule has 0 bridgehead atoms. The Morgan fingerprint density at radius 1 is 0.889 bits per heavy atom. The lowest BCUT2D eigenvalue weighted by Crippen LogP contribution is -2.40. The summed E-state index contributed by atoms with van der Waals surface area (Å²) < 4.78 is 18.3. The van der Waals surface area contributed by atoms with E-state index in [1.54, 1.807) is 6.92 Å². The van der Waals surface area contributed by atoms with Gasteiger partial charge in [0.15, 0.2) is 12.4 Å². The van der Waals surface area contributed by atoms with Gasteiger partial charge < -0.3 is 29.5 Å². The Morgan fingerprint density at radius 2 is 1.58 bits per heavy atom. The number of aliphatic hydroxyl groups excluding tert-OH is 1. The molecular weight excluding hydrogens is 568 g/mol. The van der Waals surface area contributed by atoms with Gasteiger partial charge in [-0.05, 0) is 72.8 Å². The molecule has 0 aromatic heterocycles. The molecule has 0 aliphatic carbocycles. The standard InChI is InChI=1S/C37H46N2O6/c1-26(43-27(2)41)36(42)38-23-29-10-8-11-31(20-29)32-12-9-13-33(21-32)37-44-34(24-39-18-6-4-3-5-7-19-39)22-35(45-37)30-16-14-28(25-40)15-17-30/h8-17,20-21,26,34-35,37,40H,3-7,18-19,22-25H2,1-2H3,(H,38,42)/t26-,34-,35+,37+/m0/s1. The summed E-state index contributed by atoms with van der Waals surface area (Å²) in [5, 5.41) is 12.4. The van der Waals surface area contributed by atoms with Gasteiger partial charge in [-0.3, -0.25) is 9.59 Å². The number of ether oxygens (including phenoxy) is 3. The monoisotopic (exact) mass is 614 g/mol. The summed E-state index contributed by atoms with van der Waals surface area (Å²) in [6.45, 7) is 6.28. The van der Waals surface area contributed by atoms with Crippen molar-refractivity contribution in [1.29, 1.82) is 0 Å². The van der Waals surface area contributed by atoms with Gasteiger partial charge in [0.2, 0.25) is 0 Å². The van der Waals surface area contributed by atoms with Crippen molar-refractivity contribution in [1.82, 2.24) is 10.2 Å². The summed E-state index contributed by atoms with van der Waals surface area (Å²) in [5.74, 6) is -0.824. The van der Waals surface area contributed by atoms with Gasteiger partial charge in [0.25, 0.3) is 5.91 Å². The molecule has 5 rings (SSSR count). The third-order valence-electron chi connectivity index (χ3n) is 8.62. The number of carbonyl (C=O) groups is 2. The molecule has 45 heavy (non-hydrogen) atoms. The molecule has 240 valence electrons. The van der Waals surface area contributed by atoms with E-state index in [0.717, 1.165) is 59.4 Å². The van der Waals surface area contributed by atoms with Gasteiger partial charge in [0, 0.05) is 32.0 Å². The fourth-order valence-electron chi connectivity index (χ4n) is 6.18. The highest BCUT2D eigenvalue weighted by atomic mass is 16.7. The molecule has 2 saturated heterocycles. The lowest BCUT2D eigenvalue weighted by Gasteiger charge is -2.39. The second-order valence-corrected chi connectivity index (χ2v) is 12.2. The number of amides is 1. The largest absolute Gasteiger partial charge is 0.453 e. The molecule has 3 aromatic rings. The van der Waals surface area contributed by atoms with E-state index in [4.69, 9.17) is 14.2 Å². The fourth-order valence-corrected chi connectivity index (χ4v) is 6.18. The number of carbonyl (C=O) groups excluding carboxylic acids is 2. The second-order valence-electron chi connectivity index (χ2n) is 12.2. The quantitative estimate of drug-likeness (QED) is 0.262. The Labute approximate surface area is 266 Å². The minimum atomic E-state index is -0.845. The summed E-state index contributed by atoms with van der Waals surface area (Å²) in [7, 11) is 0. The number of benzene rings is 3. The summed E-state index contributed by atoms with van der Waals surface area (Å²) >= 11 is 0. The van der Waals surface area contributed by atoms with E-state index in [-0.39, 0.29) is 24.7 Å². The van der Waals surface area contributed by atoms with Crippen molar-refractivity contribution in [3.8, 4) is 11.1 Å². The van der Waals surface area contributed by atoms with Gasteiger partial charge in [0.05, 0.1) is 18.8 Å². The van der Waals surface area contributed by atoms with Gasteiger partial charge in [-0.25, -0.2) is 0 Å². The van der Waals surface area contributed by atoms with Crippen molar-refractivity contribution >= 4 is 11.9 Å². The van der Waals surface area contributed by atoms with Crippen LogP contribution in [0.3, 0.4) is 0 Å². The van der Waals surface area contributed by atoms with Crippen molar-refractivity contribution < 1.29 is 28.9 Å². The summed E-state index contributed by atoms with van der Waals surface area (Å²) in [6.07, 6.45) is 5.69. The number of rotatable bonds is 10. The predicted octanol–water partition coefficient (Wildman–Crippen LogP) is 6.23. The molecule has 0 unspecified atom stereocenters. The zero-order chi connectivity index (χ0) is 31.6. The first-order valence-corrected chi connectivity index (χ1v) is 16.2. The smallest absolute Gasteiger partial charge is 0.303 e. The van der Waals surface area contributed by atoms with Gasteiger partial charge in [0.1, 0.15) is 0 Å². The van der Waals surface area contributed by atoms with E-state index < -0.39 is 18.4 Å². The molecule has 8 nitrogen and oxygen atoms in total. The maximum absolute atomic E-state index is 12.3. The van der Waals surface area contributed by atoms with Crippen LogP contribution in [0.4, 0.5) is 0 Å². The van der Waals surface area contributed by atoms with E-state index in [1.807, 2.05) is 36.4 Å². The first-order valence-electron chi connectivity index (χ1n) is 16.2. The van der Waals surface area contributed by atoms with Crippen LogP contribution in [0.5, 0.6) is 0 Å². The lowest BCUT2D eigenvalue weighted by atomic mass is 9.98. The molecule has 0 saturated carbocycles. The summed E-state index contributed by atoms with van der Waals surface area (Å²) in [4.78, 5) is 26.1. The third-order valence-corrected chi connectivity index (χ3v) is 8.62. The van der Waals surface area contributed by atoms with E-state index in [2.05, 4.69) is 46.6 Å². The molecule has 3 aromatic carbocycles. The van der Waals surface area contributed by atoms with Crippen LogP contribution in [-0.2, 0) is 37.0 Å². The summed E-state index contributed by atoms with van der Waals surface area (Å²) in [5.41, 5.74) is 5.90. The lowest BCUT2D eigenvalue weighted by molar-refractivity contribution is -0.253. The third kappa shape index (κ3) is 9.47. The molecule has 2 heterocycles. The van der Waals surface area contributed by atoms with Gasteiger partial charge in [-0.2, -0.15) is 0 Å². The topological polar surface area (TPSA) is 97.3 Å². The predicted molar refractivity (Wildman–Crippen MR) is 173 cm³/mol. The number of aliphatic hydroxyl groups is 1. The van der Waals surface area contributed by atoms with Crippen molar-refractivity contribution in [3.63, 3.8) is 0 Å². The first kappa shape index (κ1) is 32.8. The highest BCUT2D eigenvalue weighted by Gasteiger charge is 2.33. The van der Waals surface area contributed by atoms with E-state index in [0.29, 0.717) is 6.54 Å². The van der Waals surface area contributed by atoms with Crippen LogP contribution < -0.4 is 5.32 Å². The highest BCUT2D eigenvalue weighted by Crippen LogP contribution is 2.39. The molecule has 2 aliphatic heterocycles. The molecule has 2 aliphatic rings. The second kappa shape index (κ2) is 16.1. The van der Waals surface area contributed by atoms with Crippen LogP contribution in [0.25, 0.3) is 11.1 Å². The maximum Gasteiger partial charge on any atom is 0.303 e. The normalized spacial score (nSPS) is 21.7. The number of nitrogens with one attached hydrogen (secondary N) is 1. The Balaban J connectivity index is 1.33. The van der Waals surface area contributed by atoms with Gasteiger partial charge >= 0.3 is 5.97 Å². The van der Waals surface area contributed by atoms with Crippen molar-refractivity contribution in [2.75, 3.05) is 19.6 Å². The molecule has 2 fully saturated rings. The molecule has 4 atom stereocenters. The number of hydrogen-bond acceptors (Lipinski definition) is 7. The molecule has 0 radical (unpaired) electrons. The highest BCUT2D eigenvalue weighted by molar-refractivity contribution is 5.82. The minimum Gasteiger partial charge on any atom is -0.453 e. The van der Waals surface area contributed by atoms with Crippen molar-refractivity contribution in [2.45, 2.75) is 90.1 Å². The molecule has 0 spiro atoms. The number of esters is 1. The van der Waals surface area contributed by atoms with Gasteiger partial charge in [-0.1, -0.05) is 79.9 Å². The van der Waals surface area contributed by atoms with Crippen LogP contribution in [0.2, 0.25) is 0 Å². The van der Waals surface area contributed by atoms with E-state index >= 15 is 0 Å². The molecule has 2 N–H and O–H groups in total. The fraction of sp³-hybridized carbons (Fsp3) is 0.459. The number of likely N-dealkylation sites (tertiary alicyclic amines) is 1. The van der Waals surface area contributed by atoms with E-state index in [1.165, 1.54) is 39.0 Å². The maximum atomic E-state index is 12.3. The molecular formula is C37H46N2O6. The van der Waals surface area contributed by atoms with Crippen molar-refractivity contribution in [3.05, 3.63) is 95.1 Å². The Kier molecular flexibility index (Phi) is 11.8. The van der Waals surface area contributed by atoms with Crippen LogP contribution in [0.1, 0.15) is 87.0 Å². The average molecular weight is 615 g/mol. The number of hydrogen-bond donors (Lipinski definition) is 2. The van der Waals surface area contributed by atoms with Crippen LogP contribution in [0, 0.1) is 0 Å². The Bertz CT molecular complexity index is 1400. The first-order chi connectivity index (χ1) is 21.9. The zero-order valence-corrected chi connectivity index (χ0v) is 26.5. The minimum absolute atomic E-state index is 0.0168. The number of nitrogens with zero attached hydrogens (tertiary/aromatic N) is 1. The molecule has 1 amide bonds. The van der Waals surface area contributed by atoms with Crippen molar-refractivity contribution in [2.24, 2.45) is 0 Å². The average Bonchev–Trinajstić information content (AvgIpc) is 3.04. The van der Waals surface area contributed by atoms with Crippen LogP contribution in [-0.4, -0.2) is 53.7 Å². The van der Waals surface area contributed by atoms with Gasteiger partial charge in [-0.15, -0.1) is 0 Å². The van der Waals surface area contributed by atoms with Crippen LogP contribution in [0.15, 0.2) is 72.8 Å². The molecule has 8 heteroatoms. The SMILES string of the molecule is CC(=O)O[C@@H](C)C(=O)NCc1cccc(-c2cccc([C@@H]3O[C@H](CN4CCCCCCC4)C[C@H](c4ccc(CO)cc4)O3)c2)c1. The summed E-state index contributed by atoms with van der Waals surface area (Å²) in [6, 6.07) is 24.3. The Hall–Kier alpha value is -3.56.